The molecule has 0 amide bonds. The number of hydrogen-bond donors (Lipinski definition) is 0. The van der Waals surface area contributed by atoms with Gasteiger partial charge in [0.2, 0.25) is 0 Å². The maximum atomic E-state index is 10.8. The number of thiophene rings is 1. The molecule has 15 heavy (non-hydrogen) atoms. The molecule has 0 radical (unpaired) electrons. The van der Waals surface area contributed by atoms with Crippen molar-refractivity contribution in [2.45, 2.75) is 6.92 Å². The normalized spacial score (nSPS) is 10.0. The molecule has 0 fully saturated rings. The van der Waals surface area contributed by atoms with Crippen molar-refractivity contribution < 1.29 is 39.5 Å². The third kappa shape index (κ3) is 2.22. The third-order valence-electron chi connectivity index (χ3n) is 2.10. The summed E-state index contributed by atoms with van der Waals surface area (Å²) in [5, 5.41) is 12.2. The Hall–Kier alpha value is -0.0600. The maximum Gasteiger partial charge on any atom is 1.00 e. The molecule has 0 saturated heterocycles. The summed E-state index contributed by atoms with van der Waals surface area (Å²) in [6.45, 7) is 1.76. The average Bonchev–Trinajstić information content (AvgIpc) is 2.46. The van der Waals surface area contributed by atoms with Crippen molar-refractivity contribution in [2.75, 3.05) is 0 Å². The number of carbonyl (C=O) groups is 1. The van der Waals surface area contributed by atoms with Gasteiger partial charge in [0, 0.05) is 0 Å². The minimum Gasteiger partial charge on any atom is -0.544 e. The van der Waals surface area contributed by atoms with Crippen LogP contribution in [0.25, 0.3) is 10.1 Å². The molecule has 1 heterocycles. The number of aryl methyl sites for hydroxylation is 1. The first-order valence-electron chi connectivity index (χ1n) is 4.00. The molecule has 2 rings (SSSR count). The largest absolute Gasteiger partial charge is 1.00 e. The second-order valence-corrected chi connectivity index (χ2v) is 4.39. The van der Waals surface area contributed by atoms with Crippen molar-refractivity contribution in [1.29, 1.82) is 0 Å². The fraction of sp³-hybridized carbons (Fsp3) is 0.100. The molecule has 0 aliphatic carbocycles. The molecule has 0 aliphatic heterocycles. The summed E-state index contributed by atoms with van der Waals surface area (Å²) < 4.78 is 0.811. The van der Waals surface area contributed by atoms with Gasteiger partial charge < -0.3 is 9.90 Å². The van der Waals surface area contributed by atoms with Gasteiger partial charge in [-0.1, -0.05) is 23.7 Å². The molecular formula is C10H6ClNaO2S. The zero-order chi connectivity index (χ0) is 10.3. The predicted octanol–water partition coefficient (Wildman–Crippen LogP) is -0.769. The SMILES string of the molecule is Cc1c(C(=O)[O-])sc2c(Cl)cccc12.[Na+]. The van der Waals surface area contributed by atoms with Crippen molar-refractivity contribution in [2.24, 2.45) is 0 Å². The van der Waals surface area contributed by atoms with Crippen molar-refractivity contribution in [3.63, 3.8) is 0 Å². The molecule has 0 spiro atoms. The maximum absolute atomic E-state index is 10.8. The van der Waals surface area contributed by atoms with E-state index in [-0.39, 0.29) is 34.4 Å². The topological polar surface area (TPSA) is 40.1 Å². The predicted molar refractivity (Wildman–Crippen MR) is 55.9 cm³/mol. The summed E-state index contributed by atoms with van der Waals surface area (Å²) in [6, 6.07) is 5.42. The second-order valence-electron chi connectivity index (χ2n) is 2.96. The summed E-state index contributed by atoms with van der Waals surface area (Å²) in [4.78, 5) is 11.0. The van der Waals surface area contributed by atoms with E-state index >= 15 is 0 Å². The van der Waals surface area contributed by atoms with Crippen molar-refractivity contribution in [1.82, 2.24) is 0 Å². The Bertz CT molecular complexity index is 521. The number of rotatable bonds is 1. The zero-order valence-electron chi connectivity index (χ0n) is 8.33. The summed E-state index contributed by atoms with van der Waals surface area (Å²) in [6.07, 6.45) is 0. The number of carbonyl (C=O) groups excluding carboxylic acids is 1. The van der Waals surface area contributed by atoms with Crippen LogP contribution in [0.3, 0.4) is 0 Å². The number of carboxylic acids is 1. The molecule has 1 aromatic carbocycles. The van der Waals surface area contributed by atoms with Gasteiger partial charge in [-0.15, -0.1) is 11.3 Å². The van der Waals surface area contributed by atoms with E-state index in [4.69, 9.17) is 11.6 Å². The number of benzene rings is 1. The van der Waals surface area contributed by atoms with Crippen molar-refractivity contribution in [3.05, 3.63) is 33.7 Å². The van der Waals surface area contributed by atoms with E-state index < -0.39 is 5.97 Å². The Labute approximate surface area is 118 Å². The van der Waals surface area contributed by atoms with Gasteiger partial charge in [-0.25, -0.2) is 0 Å². The van der Waals surface area contributed by atoms with Gasteiger partial charge >= 0.3 is 29.6 Å². The van der Waals surface area contributed by atoms with E-state index in [1.54, 1.807) is 13.0 Å². The van der Waals surface area contributed by atoms with E-state index in [0.29, 0.717) is 5.02 Å². The van der Waals surface area contributed by atoms with E-state index in [9.17, 15) is 9.90 Å². The van der Waals surface area contributed by atoms with E-state index in [2.05, 4.69) is 0 Å². The van der Waals surface area contributed by atoms with Crippen LogP contribution >= 0.6 is 22.9 Å². The van der Waals surface area contributed by atoms with Crippen LogP contribution in [0.4, 0.5) is 0 Å². The number of aromatic carboxylic acids is 1. The standard InChI is InChI=1S/C10H7ClO2S.Na/c1-5-6-3-2-4-7(11)9(6)14-8(5)10(12)13;/h2-4H,1H3,(H,12,13);/q;+1/p-1. The van der Waals surface area contributed by atoms with Crippen LogP contribution < -0.4 is 34.7 Å². The summed E-state index contributed by atoms with van der Waals surface area (Å²) in [5.41, 5.74) is 0.729. The van der Waals surface area contributed by atoms with E-state index in [1.165, 1.54) is 0 Å². The van der Waals surface area contributed by atoms with Crippen LogP contribution in [-0.4, -0.2) is 5.97 Å². The van der Waals surface area contributed by atoms with Gasteiger partial charge in [0.05, 0.1) is 20.6 Å². The van der Waals surface area contributed by atoms with Crippen LogP contribution in [0, 0.1) is 6.92 Å². The Balaban J connectivity index is 0.00000112. The quantitative estimate of drug-likeness (QED) is 0.622. The van der Waals surface area contributed by atoms with Gasteiger partial charge in [-0.3, -0.25) is 0 Å². The first-order valence-corrected chi connectivity index (χ1v) is 5.19. The third-order valence-corrected chi connectivity index (χ3v) is 3.85. The number of carboxylic acid groups (broad SMARTS) is 1. The van der Waals surface area contributed by atoms with Crippen LogP contribution in [0.1, 0.15) is 15.2 Å². The Morgan fingerprint density at radius 2 is 2.13 bits per heavy atom. The van der Waals surface area contributed by atoms with Crippen LogP contribution in [0.2, 0.25) is 5.02 Å². The van der Waals surface area contributed by atoms with Crippen molar-refractivity contribution >= 4 is 39.0 Å². The second kappa shape index (κ2) is 4.85. The zero-order valence-corrected chi connectivity index (χ0v) is 11.9. The van der Waals surface area contributed by atoms with E-state index in [1.807, 2.05) is 12.1 Å². The average molecular weight is 249 g/mol. The summed E-state index contributed by atoms with van der Waals surface area (Å²) in [5.74, 6) is -1.14. The molecule has 0 bridgehead atoms. The Morgan fingerprint density at radius 3 is 2.67 bits per heavy atom. The summed E-state index contributed by atoms with van der Waals surface area (Å²) in [7, 11) is 0. The Kier molecular flexibility index (Phi) is 4.20. The number of halogens is 1. The van der Waals surface area contributed by atoms with Crippen LogP contribution in [-0.2, 0) is 0 Å². The van der Waals surface area contributed by atoms with Gasteiger partial charge in [0.25, 0.3) is 0 Å². The first-order chi connectivity index (χ1) is 6.61. The molecule has 2 aromatic rings. The molecule has 0 atom stereocenters. The minimum atomic E-state index is -1.14. The smallest absolute Gasteiger partial charge is 0.544 e. The van der Waals surface area contributed by atoms with Crippen LogP contribution in [0.5, 0.6) is 0 Å². The molecule has 72 valence electrons. The van der Waals surface area contributed by atoms with E-state index in [0.717, 1.165) is 27.0 Å². The molecular weight excluding hydrogens is 243 g/mol. The Morgan fingerprint density at radius 1 is 1.47 bits per heavy atom. The monoisotopic (exact) mass is 248 g/mol. The van der Waals surface area contributed by atoms with Gasteiger partial charge in [0.15, 0.2) is 0 Å². The van der Waals surface area contributed by atoms with Gasteiger partial charge in [-0.05, 0) is 23.9 Å². The fourth-order valence-corrected chi connectivity index (χ4v) is 2.74. The molecule has 0 aliphatic rings. The molecule has 0 N–H and O–H groups in total. The molecule has 0 unspecified atom stereocenters. The number of fused-ring (bicyclic) bond motifs is 1. The molecule has 2 nitrogen and oxygen atoms in total. The van der Waals surface area contributed by atoms with Gasteiger partial charge in [-0.2, -0.15) is 0 Å². The van der Waals surface area contributed by atoms with Crippen molar-refractivity contribution in [3.8, 4) is 0 Å². The summed E-state index contributed by atoms with van der Waals surface area (Å²) >= 11 is 7.11. The molecule has 1 aromatic heterocycles. The molecule has 5 heteroatoms. The van der Waals surface area contributed by atoms with Crippen LogP contribution in [0.15, 0.2) is 18.2 Å². The van der Waals surface area contributed by atoms with Gasteiger partial charge in [0.1, 0.15) is 0 Å². The minimum absolute atomic E-state index is 0. The fourth-order valence-electron chi connectivity index (χ4n) is 1.40. The molecule has 0 saturated carbocycles. The number of hydrogen-bond acceptors (Lipinski definition) is 3. The first kappa shape index (κ1) is 13.0.